The van der Waals surface area contributed by atoms with Crippen LogP contribution in [-0.4, -0.2) is 50.2 Å². The standard InChI is InChI=1S/C15H23N3O2/c1-10-8-18(9-11(2)17(10)3)14-12(15(19)20-4)6-5-7-13(14)16/h5-7,10-11H,8-9,16H2,1-4H3. The molecule has 1 fully saturated rings. The third-order valence-corrected chi connectivity index (χ3v) is 4.15. The van der Waals surface area contributed by atoms with Crippen molar-refractivity contribution in [1.29, 1.82) is 0 Å². The Morgan fingerprint density at radius 1 is 1.30 bits per heavy atom. The molecule has 2 unspecified atom stereocenters. The van der Waals surface area contributed by atoms with E-state index in [1.54, 1.807) is 12.1 Å². The first kappa shape index (κ1) is 14.7. The summed E-state index contributed by atoms with van der Waals surface area (Å²) in [7, 11) is 3.52. The normalized spacial score (nSPS) is 23.7. The van der Waals surface area contributed by atoms with Gasteiger partial charge in [-0.05, 0) is 33.0 Å². The van der Waals surface area contributed by atoms with Crippen LogP contribution in [0.1, 0.15) is 24.2 Å². The minimum atomic E-state index is -0.341. The summed E-state index contributed by atoms with van der Waals surface area (Å²) in [6.45, 7) is 6.05. The van der Waals surface area contributed by atoms with E-state index in [1.807, 2.05) is 6.07 Å². The number of nitrogens with zero attached hydrogens (tertiary/aromatic N) is 2. The molecule has 1 heterocycles. The summed E-state index contributed by atoms with van der Waals surface area (Å²) in [5.74, 6) is -0.341. The van der Waals surface area contributed by atoms with Crippen LogP contribution in [-0.2, 0) is 4.74 Å². The smallest absolute Gasteiger partial charge is 0.340 e. The highest BCUT2D eigenvalue weighted by molar-refractivity contribution is 5.99. The highest BCUT2D eigenvalue weighted by Gasteiger charge is 2.29. The molecule has 0 amide bonds. The van der Waals surface area contributed by atoms with Crippen molar-refractivity contribution in [3.63, 3.8) is 0 Å². The predicted molar refractivity (Wildman–Crippen MR) is 81.1 cm³/mol. The summed E-state index contributed by atoms with van der Waals surface area (Å²) < 4.78 is 4.87. The zero-order valence-corrected chi connectivity index (χ0v) is 12.6. The highest BCUT2D eigenvalue weighted by Crippen LogP contribution is 2.31. The van der Waals surface area contributed by atoms with Gasteiger partial charge in [0.25, 0.3) is 0 Å². The molecule has 1 saturated heterocycles. The van der Waals surface area contributed by atoms with E-state index in [9.17, 15) is 4.79 Å². The first-order valence-electron chi connectivity index (χ1n) is 6.89. The van der Waals surface area contributed by atoms with Crippen molar-refractivity contribution in [3.05, 3.63) is 23.8 Å². The second-order valence-corrected chi connectivity index (χ2v) is 5.50. The maximum absolute atomic E-state index is 11.9. The molecule has 110 valence electrons. The number of rotatable bonds is 2. The van der Waals surface area contributed by atoms with Gasteiger partial charge in [-0.1, -0.05) is 6.07 Å². The van der Waals surface area contributed by atoms with Gasteiger partial charge in [-0.15, -0.1) is 0 Å². The van der Waals surface area contributed by atoms with E-state index in [2.05, 4.69) is 30.7 Å². The predicted octanol–water partition coefficient (Wildman–Crippen LogP) is 1.58. The average molecular weight is 277 g/mol. The van der Waals surface area contributed by atoms with Gasteiger partial charge in [0.05, 0.1) is 24.0 Å². The van der Waals surface area contributed by atoms with E-state index in [0.717, 1.165) is 18.8 Å². The second-order valence-electron chi connectivity index (χ2n) is 5.50. The molecule has 0 saturated carbocycles. The Morgan fingerprint density at radius 3 is 2.45 bits per heavy atom. The van der Waals surface area contributed by atoms with Crippen LogP contribution < -0.4 is 10.6 Å². The second kappa shape index (κ2) is 5.71. The highest BCUT2D eigenvalue weighted by atomic mass is 16.5. The first-order chi connectivity index (χ1) is 9.45. The lowest BCUT2D eigenvalue weighted by Crippen LogP contribution is -2.55. The van der Waals surface area contributed by atoms with Gasteiger partial charge in [0.2, 0.25) is 0 Å². The summed E-state index contributed by atoms with van der Waals surface area (Å²) in [6.07, 6.45) is 0. The lowest BCUT2D eigenvalue weighted by atomic mass is 10.0. The molecule has 1 aliphatic rings. The van der Waals surface area contributed by atoms with Crippen LogP contribution in [0.2, 0.25) is 0 Å². The number of hydrogen-bond acceptors (Lipinski definition) is 5. The minimum absolute atomic E-state index is 0.341. The molecule has 0 radical (unpaired) electrons. The number of para-hydroxylation sites is 1. The Labute approximate surface area is 120 Å². The quantitative estimate of drug-likeness (QED) is 0.657. The molecule has 0 spiro atoms. The molecule has 1 aromatic rings. The molecule has 1 aromatic carbocycles. The van der Waals surface area contributed by atoms with Gasteiger partial charge < -0.3 is 15.4 Å². The molecule has 5 heteroatoms. The molecular weight excluding hydrogens is 254 g/mol. The van der Waals surface area contributed by atoms with Gasteiger partial charge in [0, 0.05) is 25.2 Å². The molecule has 2 atom stereocenters. The van der Waals surface area contributed by atoms with Crippen LogP contribution in [0.4, 0.5) is 11.4 Å². The zero-order chi connectivity index (χ0) is 14.9. The Balaban J connectivity index is 2.39. The number of piperazine rings is 1. The lowest BCUT2D eigenvalue weighted by molar-refractivity contribution is 0.0601. The molecule has 1 aliphatic heterocycles. The number of anilines is 2. The monoisotopic (exact) mass is 277 g/mol. The number of benzene rings is 1. The fourth-order valence-electron chi connectivity index (χ4n) is 2.78. The number of esters is 1. The molecule has 0 aliphatic carbocycles. The van der Waals surface area contributed by atoms with Crippen LogP contribution in [0, 0.1) is 0 Å². The number of nitrogen functional groups attached to an aromatic ring is 1. The Morgan fingerprint density at radius 2 is 1.90 bits per heavy atom. The Kier molecular flexibility index (Phi) is 4.18. The van der Waals surface area contributed by atoms with Crippen LogP contribution in [0.15, 0.2) is 18.2 Å². The largest absolute Gasteiger partial charge is 0.465 e. The van der Waals surface area contributed by atoms with Crippen molar-refractivity contribution in [2.24, 2.45) is 0 Å². The van der Waals surface area contributed by atoms with Crippen molar-refractivity contribution in [2.75, 3.05) is 37.9 Å². The molecule has 5 nitrogen and oxygen atoms in total. The zero-order valence-electron chi connectivity index (χ0n) is 12.6. The number of nitrogens with two attached hydrogens (primary N) is 1. The Bertz CT molecular complexity index is 492. The third kappa shape index (κ3) is 2.58. The summed E-state index contributed by atoms with van der Waals surface area (Å²) in [5, 5.41) is 0. The summed E-state index contributed by atoms with van der Waals surface area (Å²) in [5.41, 5.74) is 8.07. The number of carbonyl (C=O) groups excluding carboxylic acids is 1. The van der Waals surface area contributed by atoms with Crippen molar-refractivity contribution < 1.29 is 9.53 Å². The number of ether oxygens (including phenoxy) is 1. The van der Waals surface area contributed by atoms with Crippen LogP contribution in [0.3, 0.4) is 0 Å². The molecule has 2 rings (SSSR count). The van der Waals surface area contributed by atoms with Gasteiger partial charge >= 0.3 is 5.97 Å². The van der Waals surface area contributed by atoms with E-state index in [0.29, 0.717) is 23.3 Å². The summed E-state index contributed by atoms with van der Waals surface area (Å²) in [6, 6.07) is 6.20. The van der Waals surface area contributed by atoms with E-state index < -0.39 is 0 Å². The number of likely N-dealkylation sites (N-methyl/N-ethyl adjacent to an activating group) is 1. The summed E-state index contributed by atoms with van der Waals surface area (Å²) in [4.78, 5) is 16.5. The topological polar surface area (TPSA) is 58.8 Å². The van der Waals surface area contributed by atoms with Crippen LogP contribution in [0.5, 0.6) is 0 Å². The molecular formula is C15H23N3O2. The molecule has 0 aromatic heterocycles. The first-order valence-corrected chi connectivity index (χ1v) is 6.89. The van der Waals surface area contributed by atoms with Crippen molar-refractivity contribution in [2.45, 2.75) is 25.9 Å². The number of methoxy groups -OCH3 is 1. The SMILES string of the molecule is COC(=O)c1cccc(N)c1N1CC(C)N(C)C(C)C1. The molecule has 2 N–H and O–H groups in total. The van der Waals surface area contributed by atoms with Crippen LogP contribution >= 0.6 is 0 Å². The van der Waals surface area contributed by atoms with E-state index in [1.165, 1.54) is 7.11 Å². The van der Waals surface area contributed by atoms with Crippen molar-refractivity contribution in [3.8, 4) is 0 Å². The van der Waals surface area contributed by atoms with E-state index in [4.69, 9.17) is 10.5 Å². The minimum Gasteiger partial charge on any atom is -0.465 e. The number of carbonyl (C=O) groups is 1. The van der Waals surface area contributed by atoms with Gasteiger partial charge in [-0.2, -0.15) is 0 Å². The van der Waals surface area contributed by atoms with Crippen molar-refractivity contribution >= 4 is 17.3 Å². The maximum atomic E-state index is 11.9. The molecule has 0 bridgehead atoms. The maximum Gasteiger partial charge on any atom is 0.340 e. The Hall–Kier alpha value is -1.75. The summed E-state index contributed by atoms with van der Waals surface area (Å²) >= 11 is 0. The number of hydrogen-bond donors (Lipinski definition) is 1. The lowest BCUT2D eigenvalue weighted by Gasteiger charge is -2.44. The van der Waals surface area contributed by atoms with Crippen molar-refractivity contribution in [1.82, 2.24) is 4.90 Å². The van der Waals surface area contributed by atoms with Gasteiger partial charge in [-0.3, -0.25) is 4.90 Å². The van der Waals surface area contributed by atoms with Gasteiger partial charge in [0.15, 0.2) is 0 Å². The average Bonchev–Trinajstić information content (AvgIpc) is 2.43. The fraction of sp³-hybridized carbons (Fsp3) is 0.533. The van der Waals surface area contributed by atoms with E-state index in [-0.39, 0.29) is 5.97 Å². The molecule has 20 heavy (non-hydrogen) atoms. The van der Waals surface area contributed by atoms with Crippen LogP contribution in [0.25, 0.3) is 0 Å². The fourth-order valence-corrected chi connectivity index (χ4v) is 2.78. The third-order valence-electron chi connectivity index (χ3n) is 4.15. The van der Waals surface area contributed by atoms with E-state index >= 15 is 0 Å². The van der Waals surface area contributed by atoms with Gasteiger partial charge in [-0.25, -0.2) is 4.79 Å². The van der Waals surface area contributed by atoms with Gasteiger partial charge in [0.1, 0.15) is 0 Å².